The zero-order chi connectivity index (χ0) is 13.9. The van der Waals surface area contributed by atoms with Crippen LogP contribution in [0.5, 0.6) is 0 Å². The number of aliphatic hydroxyl groups excluding tert-OH is 1. The van der Waals surface area contributed by atoms with E-state index in [1.54, 1.807) is 18.2 Å². The van der Waals surface area contributed by atoms with Crippen molar-refractivity contribution in [1.82, 2.24) is 4.72 Å². The van der Waals surface area contributed by atoms with Crippen LogP contribution in [0.3, 0.4) is 0 Å². The third-order valence-corrected chi connectivity index (χ3v) is 5.04. The number of rotatable bonds is 7. The van der Waals surface area contributed by atoms with Gasteiger partial charge in [-0.05, 0) is 48.9 Å². The second-order valence-electron chi connectivity index (χ2n) is 5.23. The van der Waals surface area contributed by atoms with Gasteiger partial charge >= 0.3 is 0 Å². The van der Waals surface area contributed by atoms with E-state index in [2.05, 4.69) is 4.72 Å². The van der Waals surface area contributed by atoms with E-state index in [4.69, 9.17) is 0 Å². The topological polar surface area (TPSA) is 66.4 Å². The molecule has 4 nitrogen and oxygen atoms in total. The second kappa shape index (κ2) is 6.03. The predicted octanol–water partition coefficient (Wildman–Crippen LogP) is 1.96. The van der Waals surface area contributed by atoms with Crippen molar-refractivity contribution in [3.63, 3.8) is 0 Å². The van der Waals surface area contributed by atoms with Crippen LogP contribution in [-0.2, 0) is 16.6 Å². The van der Waals surface area contributed by atoms with Crippen molar-refractivity contribution in [2.24, 2.45) is 5.92 Å². The molecule has 5 heteroatoms. The summed E-state index contributed by atoms with van der Waals surface area (Å²) in [6, 6.07) is 4.85. The molecule has 1 aromatic rings. The molecule has 1 saturated carbocycles. The molecule has 1 aromatic carbocycles. The van der Waals surface area contributed by atoms with E-state index in [9.17, 15) is 13.5 Å². The van der Waals surface area contributed by atoms with Gasteiger partial charge in [0.05, 0.1) is 11.5 Å². The predicted molar refractivity (Wildman–Crippen MR) is 74.2 cm³/mol. The van der Waals surface area contributed by atoms with Gasteiger partial charge in [0.1, 0.15) is 0 Å². The summed E-state index contributed by atoms with van der Waals surface area (Å²) < 4.78 is 26.8. The molecule has 2 N–H and O–H groups in total. The first-order chi connectivity index (χ1) is 9.03. The monoisotopic (exact) mass is 283 g/mol. The van der Waals surface area contributed by atoms with E-state index < -0.39 is 10.0 Å². The van der Waals surface area contributed by atoms with Gasteiger partial charge in [-0.3, -0.25) is 0 Å². The quantitative estimate of drug-likeness (QED) is 0.752. The van der Waals surface area contributed by atoms with Crippen LogP contribution in [0.2, 0.25) is 0 Å². The van der Waals surface area contributed by atoms with Gasteiger partial charge in [0.15, 0.2) is 0 Å². The van der Waals surface area contributed by atoms with Gasteiger partial charge in [0, 0.05) is 6.54 Å². The lowest BCUT2D eigenvalue weighted by Gasteiger charge is -2.09. The van der Waals surface area contributed by atoms with E-state index in [1.807, 2.05) is 6.92 Å². The third kappa shape index (κ3) is 4.03. The summed E-state index contributed by atoms with van der Waals surface area (Å²) in [4.78, 5) is 0.230. The number of benzene rings is 1. The molecule has 19 heavy (non-hydrogen) atoms. The molecule has 0 amide bonds. The Morgan fingerprint density at radius 3 is 2.74 bits per heavy atom. The van der Waals surface area contributed by atoms with Crippen molar-refractivity contribution in [1.29, 1.82) is 0 Å². The zero-order valence-corrected chi connectivity index (χ0v) is 12.0. The number of nitrogens with one attached hydrogen (secondary N) is 1. The molecule has 0 bridgehead atoms. The van der Waals surface area contributed by atoms with Gasteiger partial charge in [-0.25, -0.2) is 13.1 Å². The fourth-order valence-electron chi connectivity index (χ4n) is 2.07. The fraction of sp³-hybridized carbons (Fsp3) is 0.571. The summed E-state index contributed by atoms with van der Waals surface area (Å²) >= 11 is 0. The van der Waals surface area contributed by atoms with E-state index in [0.717, 1.165) is 24.3 Å². The molecule has 0 aliphatic heterocycles. The molecule has 1 fully saturated rings. The Morgan fingerprint density at radius 2 is 2.11 bits per heavy atom. The van der Waals surface area contributed by atoms with E-state index >= 15 is 0 Å². The molecule has 1 aliphatic rings. The summed E-state index contributed by atoms with van der Waals surface area (Å²) in [6.07, 6.45) is 4.59. The van der Waals surface area contributed by atoms with Gasteiger partial charge in [-0.15, -0.1) is 0 Å². The highest BCUT2D eigenvalue weighted by atomic mass is 32.2. The van der Waals surface area contributed by atoms with E-state index in [-0.39, 0.29) is 11.5 Å². The minimum absolute atomic E-state index is 0.142. The minimum Gasteiger partial charge on any atom is -0.392 e. The van der Waals surface area contributed by atoms with Crippen molar-refractivity contribution in [2.45, 2.75) is 44.1 Å². The van der Waals surface area contributed by atoms with Crippen LogP contribution in [0.4, 0.5) is 0 Å². The standard InChI is InChI=1S/C14H21NO3S/c1-11-4-7-14(9-13(11)10-16)19(17,18)15-8-2-3-12-5-6-12/h4,7,9,12,15-16H,2-3,5-6,8,10H2,1H3. The lowest BCUT2D eigenvalue weighted by molar-refractivity contribution is 0.280. The lowest BCUT2D eigenvalue weighted by Crippen LogP contribution is -2.25. The number of hydrogen-bond donors (Lipinski definition) is 2. The van der Waals surface area contributed by atoms with Crippen LogP contribution in [0.15, 0.2) is 23.1 Å². The Labute approximate surface area is 114 Å². The summed E-state index contributed by atoms with van der Waals surface area (Å²) in [5.74, 6) is 0.824. The lowest BCUT2D eigenvalue weighted by atomic mass is 10.1. The fourth-order valence-corrected chi connectivity index (χ4v) is 3.20. The van der Waals surface area contributed by atoms with Crippen molar-refractivity contribution in [2.75, 3.05) is 6.54 Å². The van der Waals surface area contributed by atoms with E-state index in [0.29, 0.717) is 12.1 Å². The van der Waals surface area contributed by atoms with Crippen molar-refractivity contribution in [3.05, 3.63) is 29.3 Å². The molecule has 0 heterocycles. The Balaban J connectivity index is 1.97. The molecule has 0 spiro atoms. The zero-order valence-electron chi connectivity index (χ0n) is 11.2. The second-order valence-corrected chi connectivity index (χ2v) is 7.00. The van der Waals surface area contributed by atoms with Gasteiger partial charge < -0.3 is 5.11 Å². The van der Waals surface area contributed by atoms with Gasteiger partial charge in [0.25, 0.3) is 0 Å². The largest absolute Gasteiger partial charge is 0.392 e. The molecule has 0 unspecified atom stereocenters. The number of sulfonamides is 1. The number of aliphatic hydroxyl groups is 1. The van der Waals surface area contributed by atoms with Gasteiger partial charge in [0.2, 0.25) is 10.0 Å². The SMILES string of the molecule is Cc1ccc(S(=O)(=O)NCCCC2CC2)cc1CO. The number of hydrogen-bond acceptors (Lipinski definition) is 3. The third-order valence-electron chi connectivity index (χ3n) is 3.58. The first kappa shape index (κ1) is 14.5. The minimum atomic E-state index is -3.45. The molecule has 0 atom stereocenters. The van der Waals surface area contributed by atoms with Gasteiger partial charge in [-0.2, -0.15) is 0 Å². The maximum Gasteiger partial charge on any atom is 0.240 e. The molecule has 106 valence electrons. The molecule has 1 aliphatic carbocycles. The normalized spacial score (nSPS) is 15.7. The summed E-state index contributed by atoms with van der Waals surface area (Å²) in [5.41, 5.74) is 1.55. The maximum absolute atomic E-state index is 12.1. The van der Waals surface area contributed by atoms with E-state index in [1.165, 1.54) is 12.8 Å². The van der Waals surface area contributed by atoms with Crippen molar-refractivity contribution in [3.8, 4) is 0 Å². The van der Waals surface area contributed by atoms with Crippen LogP contribution < -0.4 is 4.72 Å². The molecule has 0 aromatic heterocycles. The highest BCUT2D eigenvalue weighted by Crippen LogP contribution is 2.33. The van der Waals surface area contributed by atoms with Crippen LogP contribution in [0.1, 0.15) is 36.8 Å². The summed E-state index contributed by atoms with van der Waals surface area (Å²) in [7, 11) is -3.45. The molecular weight excluding hydrogens is 262 g/mol. The Kier molecular flexibility index (Phi) is 4.60. The molecule has 2 rings (SSSR count). The average Bonchev–Trinajstić information content (AvgIpc) is 3.19. The maximum atomic E-state index is 12.1. The highest BCUT2D eigenvalue weighted by molar-refractivity contribution is 7.89. The van der Waals surface area contributed by atoms with Crippen molar-refractivity contribution >= 4 is 10.0 Å². The summed E-state index contributed by atoms with van der Waals surface area (Å²) in [6.45, 7) is 2.20. The van der Waals surface area contributed by atoms with Crippen LogP contribution in [0, 0.1) is 12.8 Å². The molecular formula is C14H21NO3S. The average molecular weight is 283 g/mol. The Morgan fingerprint density at radius 1 is 1.37 bits per heavy atom. The highest BCUT2D eigenvalue weighted by Gasteiger charge is 2.21. The first-order valence-electron chi connectivity index (χ1n) is 6.73. The van der Waals surface area contributed by atoms with Crippen LogP contribution in [-0.4, -0.2) is 20.1 Å². The molecule has 0 radical (unpaired) electrons. The first-order valence-corrected chi connectivity index (χ1v) is 8.21. The summed E-state index contributed by atoms with van der Waals surface area (Å²) in [5, 5.41) is 9.18. The van der Waals surface area contributed by atoms with Crippen molar-refractivity contribution < 1.29 is 13.5 Å². The van der Waals surface area contributed by atoms with Crippen LogP contribution in [0.25, 0.3) is 0 Å². The molecule has 0 saturated heterocycles. The number of aryl methyl sites for hydroxylation is 1. The van der Waals surface area contributed by atoms with Crippen LogP contribution >= 0.6 is 0 Å². The Hall–Kier alpha value is -0.910. The smallest absolute Gasteiger partial charge is 0.240 e. The Bertz CT molecular complexity index is 536. The van der Waals surface area contributed by atoms with Gasteiger partial charge in [-0.1, -0.05) is 18.9 Å².